The van der Waals surface area contributed by atoms with Gasteiger partial charge in [-0.1, -0.05) is 26.0 Å². The van der Waals surface area contributed by atoms with E-state index in [0.29, 0.717) is 11.1 Å². The molecule has 1 aromatic rings. The summed E-state index contributed by atoms with van der Waals surface area (Å²) in [6.07, 6.45) is -0.120. The molecular weight excluding hydrogens is 183 g/mol. The summed E-state index contributed by atoms with van der Waals surface area (Å²) in [5.74, 6) is -1.25. The molecule has 0 amide bonds. The van der Waals surface area contributed by atoms with Crippen molar-refractivity contribution in [3.8, 4) is 0 Å². The molecule has 0 bridgehead atoms. The lowest BCUT2D eigenvalue weighted by Gasteiger charge is -2.11. The molecule has 76 valence electrons. The van der Waals surface area contributed by atoms with Crippen molar-refractivity contribution in [2.24, 2.45) is 0 Å². The predicted molar refractivity (Wildman–Crippen MR) is 51.8 cm³/mol. The van der Waals surface area contributed by atoms with Crippen LogP contribution in [0, 0.1) is 5.82 Å². The Hall–Kier alpha value is -1.38. The molecule has 0 heterocycles. The lowest BCUT2D eigenvalue weighted by atomic mass is 9.95. The Morgan fingerprint density at radius 3 is 2.64 bits per heavy atom. The number of rotatable bonds is 3. The van der Waals surface area contributed by atoms with Crippen molar-refractivity contribution in [3.05, 3.63) is 35.1 Å². The first-order valence-electron chi connectivity index (χ1n) is 4.51. The molecule has 0 aliphatic rings. The third kappa shape index (κ3) is 2.31. The standard InChI is InChI=1S/C11H13FO2/c1-7(2)11-8(6-10(13)14)4-3-5-9(11)12/h3-5,7H,6H2,1-2H3,(H,13,14). The average Bonchev–Trinajstić information content (AvgIpc) is 2.01. The Balaban J connectivity index is 3.14. The molecule has 0 unspecified atom stereocenters. The number of hydrogen-bond acceptors (Lipinski definition) is 1. The zero-order valence-electron chi connectivity index (χ0n) is 8.25. The van der Waals surface area contributed by atoms with Crippen LogP contribution >= 0.6 is 0 Å². The number of halogens is 1. The van der Waals surface area contributed by atoms with Crippen LogP contribution in [0.25, 0.3) is 0 Å². The summed E-state index contributed by atoms with van der Waals surface area (Å²) in [5, 5.41) is 8.64. The van der Waals surface area contributed by atoms with E-state index in [1.807, 2.05) is 13.8 Å². The van der Waals surface area contributed by atoms with Gasteiger partial charge in [0.05, 0.1) is 6.42 Å². The third-order valence-corrected chi connectivity index (χ3v) is 2.06. The predicted octanol–water partition coefficient (Wildman–Crippen LogP) is 2.58. The second-order valence-corrected chi connectivity index (χ2v) is 3.54. The zero-order chi connectivity index (χ0) is 10.7. The van der Waals surface area contributed by atoms with Gasteiger partial charge in [0.2, 0.25) is 0 Å². The summed E-state index contributed by atoms with van der Waals surface area (Å²) in [7, 11) is 0. The third-order valence-electron chi connectivity index (χ3n) is 2.06. The van der Waals surface area contributed by atoms with Crippen LogP contribution in [0.3, 0.4) is 0 Å². The van der Waals surface area contributed by atoms with E-state index in [0.717, 1.165) is 0 Å². The maximum Gasteiger partial charge on any atom is 0.307 e. The zero-order valence-corrected chi connectivity index (χ0v) is 8.25. The summed E-state index contributed by atoms with van der Waals surface area (Å²) >= 11 is 0. The minimum Gasteiger partial charge on any atom is -0.481 e. The molecule has 0 fully saturated rings. The molecule has 0 saturated heterocycles. The fraction of sp³-hybridized carbons (Fsp3) is 0.364. The van der Waals surface area contributed by atoms with Gasteiger partial charge in [-0.15, -0.1) is 0 Å². The van der Waals surface area contributed by atoms with Crippen LogP contribution in [-0.2, 0) is 11.2 Å². The molecule has 0 radical (unpaired) electrons. The van der Waals surface area contributed by atoms with Gasteiger partial charge in [0, 0.05) is 0 Å². The molecule has 0 atom stereocenters. The van der Waals surface area contributed by atoms with Crippen LogP contribution in [-0.4, -0.2) is 11.1 Å². The largest absolute Gasteiger partial charge is 0.481 e. The normalized spacial score (nSPS) is 10.6. The quantitative estimate of drug-likeness (QED) is 0.806. The molecule has 0 saturated carbocycles. The maximum atomic E-state index is 13.4. The first-order chi connectivity index (χ1) is 6.52. The van der Waals surface area contributed by atoms with Crippen LogP contribution in [0.4, 0.5) is 4.39 Å². The Kier molecular flexibility index (Phi) is 3.23. The van der Waals surface area contributed by atoms with E-state index in [4.69, 9.17) is 5.11 Å². The van der Waals surface area contributed by atoms with Crippen molar-refractivity contribution < 1.29 is 14.3 Å². The smallest absolute Gasteiger partial charge is 0.307 e. The van der Waals surface area contributed by atoms with Gasteiger partial charge in [-0.05, 0) is 23.1 Å². The molecular formula is C11H13FO2. The summed E-state index contributed by atoms with van der Waals surface area (Å²) in [6.45, 7) is 3.70. The number of benzene rings is 1. The van der Waals surface area contributed by atoms with Crippen molar-refractivity contribution >= 4 is 5.97 Å². The summed E-state index contributed by atoms with van der Waals surface area (Å²) in [5.41, 5.74) is 1.07. The molecule has 1 N–H and O–H groups in total. The van der Waals surface area contributed by atoms with E-state index in [1.165, 1.54) is 6.07 Å². The van der Waals surface area contributed by atoms with Gasteiger partial charge in [0.15, 0.2) is 0 Å². The maximum absolute atomic E-state index is 13.4. The van der Waals surface area contributed by atoms with Gasteiger partial charge in [-0.2, -0.15) is 0 Å². The highest BCUT2D eigenvalue weighted by Gasteiger charge is 2.13. The fourth-order valence-electron chi connectivity index (χ4n) is 1.55. The average molecular weight is 196 g/mol. The molecule has 0 aliphatic carbocycles. The van der Waals surface area contributed by atoms with E-state index < -0.39 is 5.97 Å². The highest BCUT2D eigenvalue weighted by atomic mass is 19.1. The van der Waals surface area contributed by atoms with Crippen molar-refractivity contribution in [1.29, 1.82) is 0 Å². The van der Waals surface area contributed by atoms with E-state index in [-0.39, 0.29) is 18.2 Å². The lowest BCUT2D eigenvalue weighted by Crippen LogP contribution is -2.06. The molecule has 2 nitrogen and oxygen atoms in total. The van der Waals surface area contributed by atoms with Crippen LogP contribution in [0.5, 0.6) is 0 Å². The first-order valence-corrected chi connectivity index (χ1v) is 4.51. The second kappa shape index (κ2) is 4.22. The van der Waals surface area contributed by atoms with E-state index in [9.17, 15) is 9.18 Å². The number of carboxylic acid groups (broad SMARTS) is 1. The molecule has 1 aromatic carbocycles. The SMILES string of the molecule is CC(C)c1c(F)cccc1CC(=O)O. The van der Waals surface area contributed by atoms with Gasteiger partial charge >= 0.3 is 5.97 Å². The fourth-order valence-corrected chi connectivity index (χ4v) is 1.55. The van der Waals surface area contributed by atoms with Gasteiger partial charge in [-0.25, -0.2) is 4.39 Å². The van der Waals surface area contributed by atoms with Gasteiger partial charge in [0.1, 0.15) is 5.82 Å². The van der Waals surface area contributed by atoms with Gasteiger partial charge in [0.25, 0.3) is 0 Å². The van der Waals surface area contributed by atoms with Crippen molar-refractivity contribution in [1.82, 2.24) is 0 Å². The number of hydrogen-bond donors (Lipinski definition) is 1. The lowest BCUT2D eigenvalue weighted by molar-refractivity contribution is -0.136. The minimum absolute atomic E-state index is 0.00514. The van der Waals surface area contributed by atoms with Crippen molar-refractivity contribution in [3.63, 3.8) is 0 Å². The first kappa shape index (κ1) is 10.7. The Labute approximate surface area is 82.4 Å². The summed E-state index contributed by atoms with van der Waals surface area (Å²) in [6, 6.07) is 4.56. The van der Waals surface area contributed by atoms with E-state index in [1.54, 1.807) is 12.1 Å². The Morgan fingerprint density at radius 2 is 2.14 bits per heavy atom. The van der Waals surface area contributed by atoms with Crippen molar-refractivity contribution in [2.45, 2.75) is 26.2 Å². The van der Waals surface area contributed by atoms with Gasteiger partial charge < -0.3 is 5.11 Å². The van der Waals surface area contributed by atoms with E-state index >= 15 is 0 Å². The van der Waals surface area contributed by atoms with Crippen molar-refractivity contribution in [2.75, 3.05) is 0 Å². The summed E-state index contributed by atoms with van der Waals surface area (Å²) in [4.78, 5) is 10.5. The van der Waals surface area contributed by atoms with Crippen LogP contribution in [0.1, 0.15) is 30.9 Å². The molecule has 3 heteroatoms. The Morgan fingerprint density at radius 1 is 1.50 bits per heavy atom. The van der Waals surface area contributed by atoms with Crippen LogP contribution < -0.4 is 0 Å². The van der Waals surface area contributed by atoms with Gasteiger partial charge in [-0.3, -0.25) is 4.79 Å². The molecule has 1 rings (SSSR count). The highest BCUT2D eigenvalue weighted by Crippen LogP contribution is 2.23. The van der Waals surface area contributed by atoms with Crippen LogP contribution in [0.2, 0.25) is 0 Å². The molecule has 14 heavy (non-hydrogen) atoms. The van der Waals surface area contributed by atoms with Crippen LogP contribution in [0.15, 0.2) is 18.2 Å². The summed E-state index contributed by atoms with van der Waals surface area (Å²) < 4.78 is 13.4. The molecule has 0 aliphatic heterocycles. The Bertz CT molecular complexity index is 345. The highest BCUT2D eigenvalue weighted by molar-refractivity contribution is 5.70. The monoisotopic (exact) mass is 196 g/mol. The number of carboxylic acids is 1. The molecule has 0 spiro atoms. The second-order valence-electron chi connectivity index (χ2n) is 3.54. The number of aliphatic carboxylic acids is 1. The minimum atomic E-state index is -0.933. The topological polar surface area (TPSA) is 37.3 Å². The molecule has 0 aromatic heterocycles. The number of carbonyl (C=O) groups is 1. The van der Waals surface area contributed by atoms with E-state index in [2.05, 4.69) is 0 Å².